The van der Waals surface area contributed by atoms with E-state index in [1.165, 1.54) is 38.2 Å². The molecule has 7 nitrogen and oxygen atoms in total. The van der Waals surface area contributed by atoms with Crippen LogP contribution in [0.4, 0.5) is 13.2 Å². The monoisotopic (exact) mass is 520 g/mol. The zero-order valence-corrected chi connectivity index (χ0v) is 21.0. The van der Waals surface area contributed by atoms with Crippen molar-refractivity contribution in [3.8, 4) is 0 Å². The van der Waals surface area contributed by atoms with Crippen molar-refractivity contribution in [3.05, 3.63) is 58.8 Å². The standard InChI is InChI=1S/C22H28ClF3N4O3S/c1-7-16(34(32,33)10-4)12-11-14(5)13-27-19-21(31)30(18(9-3)22(24,25)26)20(28-15(6)23)17(8-2)29-19/h7-8,11-12,18H,5-6,9-10,13H2,1-4H3,(H,27,29)/b12-11-,16-7+,17-8+,28-20?/t18-/m1/s1. The Morgan fingerprint density at radius 1 is 1.24 bits per heavy atom. The van der Waals surface area contributed by atoms with Gasteiger partial charge < -0.3 is 5.32 Å². The maximum absolute atomic E-state index is 13.7. The number of alkyl halides is 3. The minimum atomic E-state index is -4.74. The number of amidine groups is 2. The van der Waals surface area contributed by atoms with Gasteiger partial charge in [0.1, 0.15) is 11.2 Å². The normalized spacial score (nSPS) is 20.4. The second-order valence-electron chi connectivity index (χ2n) is 7.03. The molecule has 0 spiro atoms. The van der Waals surface area contributed by atoms with Crippen molar-refractivity contribution < 1.29 is 26.4 Å². The van der Waals surface area contributed by atoms with Gasteiger partial charge in [-0.25, -0.2) is 13.4 Å². The van der Waals surface area contributed by atoms with E-state index >= 15 is 0 Å². The smallest absolute Gasteiger partial charge is 0.333 e. The Bertz CT molecular complexity index is 1090. The predicted octanol–water partition coefficient (Wildman–Crippen LogP) is 4.62. The number of sulfone groups is 1. The summed E-state index contributed by atoms with van der Waals surface area (Å²) >= 11 is 5.71. The van der Waals surface area contributed by atoms with Crippen LogP contribution in [-0.4, -0.2) is 55.4 Å². The quantitative estimate of drug-likeness (QED) is 0.355. The number of carbonyl (C=O) groups excluding carboxylic acids is 1. The highest BCUT2D eigenvalue weighted by Crippen LogP contribution is 2.30. The van der Waals surface area contributed by atoms with Crippen LogP contribution in [0.1, 0.15) is 34.1 Å². The summed E-state index contributed by atoms with van der Waals surface area (Å²) in [5, 5.41) is 2.38. The SMILES string of the molecule is C=C(/C=C\C(=C/C)S(=O)(=O)CC)CN=C1N/C(=C/C)C(=NC(=C)Cl)N([C@H](CC)C(F)(F)F)C1=O. The van der Waals surface area contributed by atoms with Crippen molar-refractivity contribution in [1.29, 1.82) is 0 Å². The van der Waals surface area contributed by atoms with Crippen LogP contribution in [0.25, 0.3) is 0 Å². The summed E-state index contributed by atoms with van der Waals surface area (Å²) in [5.74, 6) is -1.80. The molecule has 1 amide bonds. The third-order valence-electron chi connectivity index (χ3n) is 4.68. The molecule has 34 heavy (non-hydrogen) atoms. The summed E-state index contributed by atoms with van der Waals surface area (Å²) in [7, 11) is -3.43. The zero-order chi connectivity index (χ0) is 26.3. The molecule has 12 heteroatoms. The molecule has 1 atom stereocenters. The van der Waals surface area contributed by atoms with E-state index < -0.39 is 34.4 Å². The van der Waals surface area contributed by atoms with E-state index in [0.29, 0.717) is 10.5 Å². The van der Waals surface area contributed by atoms with E-state index in [0.717, 1.165) is 0 Å². The molecule has 0 aromatic heterocycles. The second kappa shape index (κ2) is 12.2. The molecule has 0 aromatic carbocycles. The number of halogens is 4. The van der Waals surface area contributed by atoms with Gasteiger partial charge in [-0.2, -0.15) is 13.2 Å². The highest BCUT2D eigenvalue weighted by molar-refractivity contribution is 7.95. The van der Waals surface area contributed by atoms with Gasteiger partial charge in [0.05, 0.1) is 22.9 Å². The van der Waals surface area contributed by atoms with E-state index in [2.05, 4.69) is 28.5 Å². The first-order valence-corrected chi connectivity index (χ1v) is 12.3. The number of carbonyl (C=O) groups is 1. The number of hydrogen-bond acceptors (Lipinski definition) is 5. The Kier molecular flexibility index (Phi) is 10.5. The molecule has 1 saturated heterocycles. The first kappa shape index (κ1) is 29.4. The summed E-state index contributed by atoms with van der Waals surface area (Å²) < 4.78 is 65.2. The lowest BCUT2D eigenvalue weighted by molar-refractivity contribution is -0.178. The highest BCUT2D eigenvalue weighted by atomic mass is 35.5. The van der Waals surface area contributed by atoms with Crippen molar-refractivity contribution in [3.63, 3.8) is 0 Å². The highest BCUT2D eigenvalue weighted by Gasteiger charge is 2.49. The van der Waals surface area contributed by atoms with E-state index in [1.807, 2.05) is 0 Å². The van der Waals surface area contributed by atoms with Crippen molar-refractivity contribution in [2.45, 2.75) is 46.3 Å². The third-order valence-corrected chi connectivity index (χ3v) is 6.62. The Balaban J connectivity index is 3.36. The average molecular weight is 521 g/mol. The summed E-state index contributed by atoms with van der Waals surface area (Å²) in [6.45, 7) is 12.9. The van der Waals surface area contributed by atoms with Gasteiger partial charge in [0.15, 0.2) is 21.5 Å². The molecule has 0 aromatic rings. The number of nitrogens with one attached hydrogen (secondary N) is 1. The van der Waals surface area contributed by atoms with Gasteiger partial charge in [-0.3, -0.25) is 14.7 Å². The molecule has 0 unspecified atom stereocenters. The number of nitrogens with zero attached hydrogens (tertiary/aromatic N) is 3. The lowest BCUT2D eigenvalue weighted by Crippen LogP contribution is -2.61. The molecule has 188 valence electrons. The van der Waals surface area contributed by atoms with Crippen molar-refractivity contribution >= 4 is 39.0 Å². The fourth-order valence-corrected chi connectivity index (χ4v) is 3.99. The zero-order valence-electron chi connectivity index (χ0n) is 19.4. The Morgan fingerprint density at radius 2 is 1.85 bits per heavy atom. The molecule has 1 heterocycles. The molecule has 1 aliphatic rings. The number of hydrogen-bond donors (Lipinski definition) is 1. The number of aliphatic imine (C=N–C) groups is 2. The van der Waals surface area contributed by atoms with E-state index in [-0.39, 0.29) is 39.7 Å². The third kappa shape index (κ3) is 7.42. The number of amides is 1. The van der Waals surface area contributed by atoms with Gasteiger partial charge in [-0.15, -0.1) is 0 Å². The van der Waals surface area contributed by atoms with Crippen LogP contribution in [-0.2, 0) is 14.6 Å². The fraction of sp³-hybridized carbons (Fsp3) is 0.409. The summed E-state index contributed by atoms with van der Waals surface area (Å²) in [5.41, 5.74) is 0.423. The Labute approximate surface area is 203 Å². The molecule has 1 N–H and O–H groups in total. The maximum Gasteiger partial charge on any atom is 0.409 e. The van der Waals surface area contributed by atoms with Crippen LogP contribution >= 0.6 is 11.6 Å². The predicted molar refractivity (Wildman–Crippen MR) is 130 cm³/mol. The second-order valence-corrected chi connectivity index (χ2v) is 9.75. The minimum absolute atomic E-state index is 0.0808. The van der Waals surface area contributed by atoms with Crippen LogP contribution in [0.5, 0.6) is 0 Å². The number of rotatable bonds is 9. The van der Waals surface area contributed by atoms with Gasteiger partial charge in [0.25, 0.3) is 5.91 Å². The molecule has 1 aliphatic heterocycles. The van der Waals surface area contributed by atoms with Crippen LogP contribution in [0.15, 0.2) is 68.8 Å². The lowest BCUT2D eigenvalue weighted by atomic mass is 10.1. The number of allylic oxidation sites excluding steroid dienone is 3. The van der Waals surface area contributed by atoms with E-state index in [1.54, 1.807) is 13.8 Å². The lowest BCUT2D eigenvalue weighted by Gasteiger charge is -2.37. The van der Waals surface area contributed by atoms with E-state index in [4.69, 9.17) is 11.6 Å². The Hall–Kier alpha value is -2.66. The first-order chi connectivity index (χ1) is 15.7. The van der Waals surface area contributed by atoms with Crippen LogP contribution in [0, 0.1) is 0 Å². The fourth-order valence-electron chi connectivity index (χ4n) is 2.94. The van der Waals surface area contributed by atoms with Gasteiger partial charge in [0, 0.05) is 0 Å². The largest absolute Gasteiger partial charge is 0.409 e. The molecule has 1 fully saturated rings. The topological polar surface area (TPSA) is 91.2 Å². The molecule has 1 rings (SSSR count). The van der Waals surface area contributed by atoms with Crippen molar-refractivity contribution in [1.82, 2.24) is 10.2 Å². The van der Waals surface area contributed by atoms with Crippen LogP contribution < -0.4 is 5.32 Å². The molecule has 0 radical (unpaired) electrons. The molecule has 0 aliphatic carbocycles. The number of piperazine rings is 1. The van der Waals surface area contributed by atoms with Crippen LogP contribution in [0.2, 0.25) is 0 Å². The van der Waals surface area contributed by atoms with Crippen molar-refractivity contribution in [2.75, 3.05) is 12.3 Å². The van der Waals surface area contributed by atoms with Crippen LogP contribution in [0.3, 0.4) is 0 Å². The average Bonchev–Trinajstić information content (AvgIpc) is 2.74. The Morgan fingerprint density at radius 3 is 2.29 bits per heavy atom. The molecule has 0 saturated carbocycles. The minimum Gasteiger partial charge on any atom is -0.333 e. The summed E-state index contributed by atoms with van der Waals surface area (Å²) in [6.07, 6.45) is 0.475. The molecular formula is C22H28ClF3N4O3S. The summed E-state index contributed by atoms with van der Waals surface area (Å²) in [6, 6.07) is -2.17. The first-order valence-electron chi connectivity index (χ1n) is 10.3. The molecular weight excluding hydrogens is 493 g/mol. The van der Waals surface area contributed by atoms with Gasteiger partial charge in [0.2, 0.25) is 0 Å². The van der Waals surface area contributed by atoms with Gasteiger partial charge in [-0.1, -0.05) is 56.8 Å². The van der Waals surface area contributed by atoms with Crippen molar-refractivity contribution in [2.24, 2.45) is 9.98 Å². The maximum atomic E-state index is 13.7. The van der Waals surface area contributed by atoms with Gasteiger partial charge in [-0.05, 0) is 31.9 Å². The van der Waals surface area contributed by atoms with E-state index in [9.17, 15) is 26.4 Å². The molecule has 0 bridgehead atoms. The summed E-state index contributed by atoms with van der Waals surface area (Å²) in [4.78, 5) is 21.6. The van der Waals surface area contributed by atoms with Gasteiger partial charge >= 0.3 is 6.18 Å².